The molecule has 0 aromatic carbocycles. The highest BCUT2D eigenvalue weighted by molar-refractivity contribution is 7.13. The smallest absolute Gasteiger partial charge is 0.252 e. The summed E-state index contributed by atoms with van der Waals surface area (Å²) in [6.07, 6.45) is 1.69. The Morgan fingerprint density at radius 3 is 3.20 bits per heavy atom. The molecule has 6 nitrogen and oxygen atoms in total. The molecule has 0 bridgehead atoms. The Bertz CT molecular complexity index is 400. The molecule has 2 rings (SSSR count). The molecule has 15 heavy (non-hydrogen) atoms. The van der Waals surface area contributed by atoms with Crippen LogP contribution in [0.3, 0.4) is 0 Å². The van der Waals surface area contributed by atoms with E-state index in [2.05, 4.69) is 15.1 Å². The predicted octanol–water partition coefficient (Wildman–Crippen LogP) is 0.668. The molecular weight excluding hydrogens is 216 g/mol. The third-order valence-corrected chi connectivity index (χ3v) is 2.38. The molecule has 0 aliphatic heterocycles. The summed E-state index contributed by atoms with van der Waals surface area (Å²) in [5.74, 6) is 0.996. The van der Waals surface area contributed by atoms with Gasteiger partial charge in [-0.2, -0.15) is 4.98 Å². The Hall–Kier alpha value is -1.31. The van der Waals surface area contributed by atoms with Gasteiger partial charge in [-0.3, -0.25) is 4.98 Å². The highest BCUT2D eigenvalue weighted by Gasteiger charge is 2.09. The normalized spacial score (nSPS) is 10.7. The molecule has 0 atom stereocenters. The predicted molar refractivity (Wildman–Crippen MR) is 54.1 cm³/mol. The Morgan fingerprint density at radius 1 is 1.53 bits per heavy atom. The van der Waals surface area contributed by atoms with E-state index in [-0.39, 0.29) is 0 Å². The van der Waals surface area contributed by atoms with Crippen molar-refractivity contribution in [3.8, 4) is 10.7 Å². The number of thiazole rings is 1. The van der Waals surface area contributed by atoms with Crippen LogP contribution in [0.25, 0.3) is 10.7 Å². The van der Waals surface area contributed by atoms with Gasteiger partial charge in [0.2, 0.25) is 5.82 Å². The molecule has 0 radical (unpaired) electrons. The zero-order valence-corrected chi connectivity index (χ0v) is 8.74. The van der Waals surface area contributed by atoms with E-state index in [0.29, 0.717) is 31.5 Å². The molecule has 2 aromatic heterocycles. The van der Waals surface area contributed by atoms with Crippen molar-refractivity contribution in [3.05, 3.63) is 17.6 Å². The molecule has 0 spiro atoms. The second kappa shape index (κ2) is 4.96. The first-order valence-corrected chi connectivity index (χ1v) is 5.27. The van der Waals surface area contributed by atoms with E-state index in [1.54, 1.807) is 11.7 Å². The molecular formula is C8H10N4O2S. The highest BCUT2D eigenvalue weighted by atomic mass is 32.1. The van der Waals surface area contributed by atoms with Gasteiger partial charge in [-0.1, -0.05) is 5.16 Å². The largest absolute Gasteiger partial charge is 0.370 e. The summed E-state index contributed by atoms with van der Waals surface area (Å²) in [4.78, 5) is 8.96. The second-order valence-corrected chi connectivity index (χ2v) is 3.61. The summed E-state index contributed by atoms with van der Waals surface area (Å²) in [5.41, 5.74) is 7.00. The zero-order valence-electron chi connectivity index (χ0n) is 7.92. The van der Waals surface area contributed by atoms with Crippen LogP contribution in [-0.4, -0.2) is 28.3 Å². The minimum Gasteiger partial charge on any atom is -0.370 e. The van der Waals surface area contributed by atoms with Crippen LogP contribution in [0, 0.1) is 0 Å². The first-order valence-electron chi connectivity index (χ1n) is 4.39. The summed E-state index contributed by atoms with van der Waals surface area (Å²) in [6.45, 7) is 1.26. The number of hydrogen-bond acceptors (Lipinski definition) is 7. The lowest BCUT2D eigenvalue weighted by atomic mass is 10.5. The van der Waals surface area contributed by atoms with Crippen molar-refractivity contribution in [2.45, 2.75) is 6.61 Å². The van der Waals surface area contributed by atoms with Gasteiger partial charge in [0.25, 0.3) is 5.89 Å². The summed E-state index contributed by atoms with van der Waals surface area (Å²) >= 11 is 1.46. The summed E-state index contributed by atoms with van der Waals surface area (Å²) in [6, 6.07) is 0. The van der Waals surface area contributed by atoms with Gasteiger partial charge in [-0.15, -0.1) is 11.3 Å². The maximum absolute atomic E-state index is 5.28. The van der Waals surface area contributed by atoms with Crippen LogP contribution in [-0.2, 0) is 11.3 Å². The van der Waals surface area contributed by atoms with Crippen LogP contribution in [0.4, 0.5) is 0 Å². The van der Waals surface area contributed by atoms with E-state index in [4.69, 9.17) is 15.0 Å². The lowest BCUT2D eigenvalue weighted by Crippen LogP contribution is -2.08. The quantitative estimate of drug-likeness (QED) is 0.754. The van der Waals surface area contributed by atoms with Gasteiger partial charge in [0.15, 0.2) is 0 Å². The third-order valence-electron chi connectivity index (χ3n) is 1.61. The topological polar surface area (TPSA) is 87.1 Å². The number of rotatable bonds is 5. The van der Waals surface area contributed by atoms with Crippen molar-refractivity contribution >= 4 is 11.3 Å². The number of aromatic nitrogens is 3. The van der Waals surface area contributed by atoms with E-state index >= 15 is 0 Å². The second-order valence-electron chi connectivity index (χ2n) is 2.72. The Kier molecular flexibility index (Phi) is 3.38. The van der Waals surface area contributed by atoms with Gasteiger partial charge in [0.1, 0.15) is 6.61 Å². The fourth-order valence-electron chi connectivity index (χ4n) is 0.983. The van der Waals surface area contributed by atoms with Crippen molar-refractivity contribution in [2.24, 2.45) is 5.73 Å². The van der Waals surface area contributed by atoms with E-state index in [1.165, 1.54) is 11.3 Å². The number of hydrogen-bond donors (Lipinski definition) is 1. The van der Waals surface area contributed by atoms with Crippen molar-refractivity contribution in [1.82, 2.24) is 15.1 Å². The molecule has 2 heterocycles. The van der Waals surface area contributed by atoms with Crippen LogP contribution in [0.2, 0.25) is 0 Å². The van der Waals surface area contributed by atoms with E-state index in [0.717, 1.165) is 4.88 Å². The molecule has 0 saturated heterocycles. The minimum absolute atomic E-state index is 0.295. The highest BCUT2D eigenvalue weighted by Crippen LogP contribution is 2.19. The van der Waals surface area contributed by atoms with Crippen LogP contribution < -0.4 is 5.73 Å². The van der Waals surface area contributed by atoms with Gasteiger partial charge < -0.3 is 15.0 Å². The van der Waals surface area contributed by atoms with Crippen LogP contribution in [0.1, 0.15) is 5.89 Å². The number of ether oxygens (including phenoxy) is 1. The first-order chi connectivity index (χ1) is 7.40. The van der Waals surface area contributed by atoms with E-state index in [9.17, 15) is 0 Å². The van der Waals surface area contributed by atoms with Crippen molar-refractivity contribution in [2.75, 3.05) is 13.2 Å². The van der Waals surface area contributed by atoms with Crippen molar-refractivity contribution in [3.63, 3.8) is 0 Å². The molecule has 80 valence electrons. The molecule has 2 aromatic rings. The average molecular weight is 226 g/mol. The lowest BCUT2D eigenvalue weighted by Gasteiger charge is -1.95. The lowest BCUT2D eigenvalue weighted by molar-refractivity contribution is 0.104. The molecule has 0 aliphatic rings. The van der Waals surface area contributed by atoms with Crippen molar-refractivity contribution in [1.29, 1.82) is 0 Å². The molecule has 0 aliphatic carbocycles. The summed E-state index contributed by atoms with van der Waals surface area (Å²) in [7, 11) is 0. The number of nitrogens with two attached hydrogens (primary N) is 1. The van der Waals surface area contributed by atoms with Gasteiger partial charge in [0.05, 0.1) is 17.0 Å². The fraction of sp³-hybridized carbons (Fsp3) is 0.375. The van der Waals surface area contributed by atoms with Gasteiger partial charge in [-0.25, -0.2) is 0 Å². The molecule has 2 N–H and O–H groups in total. The Labute approximate surface area is 90.1 Å². The van der Waals surface area contributed by atoms with Crippen LogP contribution >= 0.6 is 11.3 Å². The zero-order chi connectivity index (χ0) is 10.5. The molecule has 0 amide bonds. The van der Waals surface area contributed by atoms with E-state index in [1.807, 2.05) is 0 Å². The van der Waals surface area contributed by atoms with Gasteiger partial charge >= 0.3 is 0 Å². The third kappa shape index (κ3) is 2.58. The number of nitrogens with zero attached hydrogens (tertiary/aromatic N) is 3. The monoisotopic (exact) mass is 226 g/mol. The molecule has 0 unspecified atom stereocenters. The molecule has 0 fully saturated rings. The minimum atomic E-state index is 0.295. The molecule has 0 saturated carbocycles. The van der Waals surface area contributed by atoms with E-state index < -0.39 is 0 Å². The summed E-state index contributed by atoms with van der Waals surface area (Å²) < 4.78 is 10.2. The average Bonchev–Trinajstić information content (AvgIpc) is 2.87. The Balaban J connectivity index is 1.98. The van der Waals surface area contributed by atoms with Crippen molar-refractivity contribution < 1.29 is 9.26 Å². The summed E-state index contributed by atoms with van der Waals surface area (Å²) in [5, 5.41) is 3.81. The standard InChI is InChI=1S/C8H10N4O2S/c9-1-2-13-4-7-11-8(12-14-7)6-3-10-5-15-6/h3,5H,1-2,4,9H2. The maximum atomic E-state index is 5.28. The van der Waals surface area contributed by atoms with Crippen LogP contribution in [0.5, 0.6) is 0 Å². The van der Waals surface area contributed by atoms with Gasteiger partial charge in [-0.05, 0) is 0 Å². The fourth-order valence-corrected chi connectivity index (χ4v) is 1.53. The van der Waals surface area contributed by atoms with Gasteiger partial charge in [0, 0.05) is 12.7 Å². The first kappa shape index (κ1) is 10.2. The SMILES string of the molecule is NCCOCc1nc(-c2cncs2)no1. The Morgan fingerprint density at radius 2 is 2.47 bits per heavy atom. The maximum Gasteiger partial charge on any atom is 0.252 e. The van der Waals surface area contributed by atoms with Crippen LogP contribution in [0.15, 0.2) is 16.2 Å². The molecule has 7 heteroatoms.